The highest BCUT2D eigenvalue weighted by atomic mass is 32.2. The molecule has 1 aliphatic rings. The molecule has 2 aromatic rings. The zero-order chi connectivity index (χ0) is 24.0. The number of halogens is 1. The monoisotopic (exact) mass is 474 g/mol. The Labute approximate surface area is 197 Å². The number of hydrogen-bond acceptors (Lipinski definition) is 4. The van der Waals surface area contributed by atoms with Crippen LogP contribution in [-0.2, 0) is 16.4 Å². The zero-order valence-electron chi connectivity index (χ0n) is 19.8. The van der Waals surface area contributed by atoms with Crippen LogP contribution in [0.5, 0.6) is 0 Å². The van der Waals surface area contributed by atoms with Crippen molar-refractivity contribution in [3.63, 3.8) is 0 Å². The van der Waals surface area contributed by atoms with Crippen molar-refractivity contribution >= 4 is 21.5 Å². The van der Waals surface area contributed by atoms with E-state index < -0.39 is 10.0 Å². The lowest BCUT2D eigenvalue weighted by molar-refractivity contribution is 0.0822. The van der Waals surface area contributed by atoms with E-state index in [1.165, 1.54) is 17.7 Å². The fourth-order valence-corrected chi connectivity index (χ4v) is 5.30. The van der Waals surface area contributed by atoms with E-state index in [9.17, 15) is 17.6 Å². The largest absolute Gasteiger partial charge is 0.303 e. The van der Waals surface area contributed by atoms with Gasteiger partial charge in [-0.15, -0.1) is 0 Å². The second-order valence-electron chi connectivity index (χ2n) is 9.72. The molecule has 1 fully saturated rings. The number of likely N-dealkylation sites (tertiary alicyclic amines) is 1. The summed E-state index contributed by atoms with van der Waals surface area (Å²) >= 11 is 0. The molecule has 1 heterocycles. The standard InChI is InChI=1S/C26H35FN2O3S/c1-19(2)16-21(17-20-4-10-25(11-5-20)28-33(3,31)32)18-29-14-12-23(13-15-29)26(30)22-6-8-24(27)9-7-22/h4-11,19,21,23,28H,12-18H2,1-3H3/t21-/m1/s1. The number of hydrogen-bond donors (Lipinski definition) is 1. The molecule has 0 aromatic heterocycles. The molecule has 0 amide bonds. The Morgan fingerprint density at radius 3 is 2.21 bits per heavy atom. The van der Waals surface area contributed by atoms with Crippen molar-refractivity contribution in [2.24, 2.45) is 17.8 Å². The molecular formula is C26H35FN2O3S. The van der Waals surface area contributed by atoms with Gasteiger partial charge in [-0.05, 0) is 92.6 Å². The molecule has 3 rings (SSSR count). The summed E-state index contributed by atoms with van der Waals surface area (Å²) in [4.78, 5) is 15.2. The summed E-state index contributed by atoms with van der Waals surface area (Å²) < 4.78 is 38.5. The van der Waals surface area contributed by atoms with Gasteiger partial charge in [0, 0.05) is 23.7 Å². The van der Waals surface area contributed by atoms with Crippen molar-refractivity contribution in [2.45, 2.75) is 39.5 Å². The molecule has 0 unspecified atom stereocenters. The van der Waals surface area contributed by atoms with Gasteiger partial charge >= 0.3 is 0 Å². The van der Waals surface area contributed by atoms with Gasteiger partial charge in [0.15, 0.2) is 5.78 Å². The SMILES string of the molecule is CC(C)C[C@H](Cc1ccc(NS(C)(=O)=O)cc1)CN1CCC(C(=O)c2ccc(F)cc2)CC1. The Hall–Kier alpha value is -2.25. The number of ketones is 1. The number of anilines is 1. The quantitative estimate of drug-likeness (QED) is 0.492. The summed E-state index contributed by atoms with van der Waals surface area (Å²) in [5.74, 6) is 0.877. The van der Waals surface area contributed by atoms with E-state index in [-0.39, 0.29) is 17.5 Å². The van der Waals surface area contributed by atoms with Gasteiger partial charge in [0.1, 0.15) is 5.82 Å². The number of benzene rings is 2. The van der Waals surface area contributed by atoms with E-state index in [0.29, 0.717) is 23.1 Å². The number of carbonyl (C=O) groups excluding carboxylic acids is 1. The number of nitrogens with one attached hydrogen (secondary N) is 1. The summed E-state index contributed by atoms with van der Waals surface area (Å²) in [6.07, 6.45) is 4.85. The number of carbonyl (C=O) groups is 1. The first-order chi connectivity index (χ1) is 15.6. The summed E-state index contributed by atoms with van der Waals surface area (Å²) in [5, 5.41) is 0. The maximum Gasteiger partial charge on any atom is 0.229 e. The maximum atomic E-state index is 13.2. The van der Waals surface area contributed by atoms with E-state index in [1.54, 1.807) is 12.1 Å². The van der Waals surface area contributed by atoms with Gasteiger partial charge in [-0.1, -0.05) is 26.0 Å². The maximum absolute atomic E-state index is 13.2. The van der Waals surface area contributed by atoms with E-state index >= 15 is 0 Å². The molecule has 0 radical (unpaired) electrons. The van der Waals surface area contributed by atoms with Crippen LogP contribution in [0.25, 0.3) is 0 Å². The normalized spacial score (nSPS) is 16.6. The minimum atomic E-state index is -3.28. The van der Waals surface area contributed by atoms with Crippen LogP contribution >= 0.6 is 0 Å². The first-order valence-corrected chi connectivity index (χ1v) is 13.6. The molecule has 33 heavy (non-hydrogen) atoms. The van der Waals surface area contributed by atoms with Crippen LogP contribution in [0, 0.1) is 23.6 Å². The molecule has 0 saturated carbocycles. The van der Waals surface area contributed by atoms with Crippen LogP contribution in [-0.4, -0.2) is 45.0 Å². The van der Waals surface area contributed by atoms with E-state index in [2.05, 4.69) is 23.5 Å². The highest BCUT2D eigenvalue weighted by Gasteiger charge is 2.27. The van der Waals surface area contributed by atoms with Crippen LogP contribution in [0.15, 0.2) is 48.5 Å². The average molecular weight is 475 g/mol. The van der Waals surface area contributed by atoms with Crippen LogP contribution in [0.4, 0.5) is 10.1 Å². The Bertz CT molecular complexity index is 1010. The lowest BCUT2D eigenvalue weighted by atomic mass is 9.87. The van der Waals surface area contributed by atoms with E-state index in [1.807, 2.05) is 24.3 Å². The predicted molar refractivity (Wildman–Crippen MR) is 131 cm³/mol. The third-order valence-electron chi connectivity index (χ3n) is 6.19. The Morgan fingerprint density at radius 2 is 1.67 bits per heavy atom. The molecule has 180 valence electrons. The van der Waals surface area contributed by atoms with Crippen LogP contribution in [0.1, 0.15) is 49.0 Å². The summed E-state index contributed by atoms with van der Waals surface area (Å²) in [6, 6.07) is 13.5. The highest BCUT2D eigenvalue weighted by Crippen LogP contribution is 2.25. The molecule has 2 aromatic carbocycles. The van der Waals surface area contributed by atoms with Crippen molar-refractivity contribution in [2.75, 3.05) is 30.6 Å². The topological polar surface area (TPSA) is 66.5 Å². The Balaban J connectivity index is 1.55. The third kappa shape index (κ3) is 8.23. The fraction of sp³-hybridized carbons (Fsp3) is 0.500. The molecule has 7 heteroatoms. The molecule has 0 aliphatic carbocycles. The van der Waals surface area contributed by atoms with Gasteiger partial charge < -0.3 is 4.90 Å². The second-order valence-corrected chi connectivity index (χ2v) is 11.5. The molecule has 1 saturated heterocycles. The molecule has 1 aliphatic heterocycles. The van der Waals surface area contributed by atoms with E-state index in [4.69, 9.17) is 0 Å². The number of piperidine rings is 1. The minimum Gasteiger partial charge on any atom is -0.303 e. The number of nitrogens with zero attached hydrogens (tertiary/aromatic N) is 1. The average Bonchev–Trinajstić information content (AvgIpc) is 2.74. The number of rotatable bonds is 10. The third-order valence-corrected chi connectivity index (χ3v) is 6.80. The molecular weight excluding hydrogens is 439 g/mol. The first kappa shape index (κ1) is 25.4. The second kappa shape index (κ2) is 11.3. The lowest BCUT2D eigenvalue weighted by Crippen LogP contribution is -2.39. The first-order valence-electron chi connectivity index (χ1n) is 11.7. The van der Waals surface area contributed by atoms with Gasteiger partial charge in [-0.3, -0.25) is 9.52 Å². The van der Waals surface area contributed by atoms with E-state index in [0.717, 1.165) is 51.6 Å². The van der Waals surface area contributed by atoms with Crippen molar-refractivity contribution in [1.29, 1.82) is 0 Å². The number of Topliss-reactive ketones (excluding diaryl/α,β-unsaturated/α-hetero) is 1. The van der Waals surface area contributed by atoms with Crippen molar-refractivity contribution in [3.05, 3.63) is 65.5 Å². The Kier molecular flexibility index (Phi) is 8.65. The van der Waals surface area contributed by atoms with Gasteiger partial charge in [0.2, 0.25) is 10.0 Å². The minimum absolute atomic E-state index is 0.00477. The molecule has 1 N–H and O–H groups in total. The molecule has 1 atom stereocenters. The number of sulfonamides is 1. The summed E-state index contributed by atoms with van der Waals surface area (Å²) in [6.45, 7) is 7.24. The van der Waals surface area contributed by atoms with Crippen molar-refractivity contribution in [3.8, 4) is 0 Å². The van der Waals surface area contributed by atoms with Crippen molar-refractivity contribution < 1.29 is 17.6 Å². The van der Waals surface area contributed by atoms with Gasteiger partial charge in [0.05, 0.1) is 6.26 Å². The van der Waals surface area contributed by atoms with Crippen LogP contribution < -0.4 is 4.72 Å². The Morgan fingerprint density at radius 1 is 1.06 bits per heavy atom. The summed E-state index contributed by atoms with van der Waals surface area (Å²) in [5.41, 5.74) is 2.37. The summed E-state index contributed by atoms with van der Waals surface area (Å²) in [7, 11) is -3.28. The van der Waals surface area contributed by atoms with Gasteiger partial charge in [-0.2, -0.15) is 0 Å². The predicted octanol–water partition coefficient (Wildman–Crippen LogP) is 5.00. The van der Waals surface area contributed by atoms with Gasteiger partial charge in [0.25, 0.3) is 0 Å². The van der Waals surface area contributed by atoms with Crippen LogP contribution in [0.3, 0.4) is 0 Å². The lowest BCUT2D eigenvalue weighted by Gasteiger charge is -2.34. The smallest absolute Gasteiger partial charge is 0.229 e. The fourth-order valence-electron chi connectivity index (χ4n) is 4.74. The molecule has 5 nitrogen and oxygen atoms in total. The van der Waals surface area contributed by atoms with Gasteiger partial charge in [-0.25, -0.2) is 12.8 Å². The zero-order valence-corrected chi connectivity index (χ0v) is 20.6. The highest BCUT2D eigenvalue weighted by molar-refractivity contribution is 7.92. The molecule has 0 spiro atoms. The van der Waals surface area contributed by atoms with Crippen molar-refractivity contribution in [1.82, 2.24) is 4.90 Å². The molecule has 0 bridgehead atoms. The van der Waals surface area contributed by atoms with Crippen LogP contribution in [0.2, 0.25) is 0 Å².